The van der Waals surface area contributed by atoms with Gasteiger partial charge in [0.1, 0.15) is 12.4 Å². The topological polar surface area (TPSA) is 38.5 Å². The summed E-state index contributed by atoms with van der Waals surface area (Å²) in [6.07, 6.45) is 2.28. The van der Waals surface area contributed by atoms with Crippen molar-refractivity contribution in [3.63, 3.8) is 0 Å². The fourth-order valence-electron chi connectivity index (χ4n) is 2.58. The molecule has 0 aromatic heterocycles. The number of nitrogens with zero attached hydrogens (tertiary/aromatic N) is 1. The summed E-state index contributed by atoms with van der Waals surface area (Å²) in [6, 6.07) is 8.37. The standard InChI is InChI=1S/C15H23BrN2O/c1-2-12-11-18(8-7-15(12)17)9-10-19-14-5-3-13(16)4-6-14/h3-6,12,15H,2,7-11,17H2,1H3. The Morgan fingerprint density at radius 2 is 2.11 bits per heavy atom. The molecule has 106 valence electrons. The molecule has 1 saturated heterocycles. The first-order valence-corrected chi connectivity index (χ1v) is 7.84. The monoisotopic (exact) mass is 326 g/mol. The van der Waals surface area contributed by atoms with E-state index in [1.54, 1.807) is 0 Å². The summed E-state index contributed by atoms with van der Waals surface area (Å²) < 4.78 is 6.85. The molecule has 0 radical (unpaired) electrons. The third kappa shape index (κ3) is 4.48. The van der Waals surface area contributed by atoms with Gasteiger partial charge in [0.15, 0.2) is 0 Å². The molecule has 1 fully saturated rings. The van der Waals surface area contributed by atoms with Crippen LogP contribution in [-0.2, 0) is 0 Å². The number of hydrogen-bond donors (Lipinski definition) is 1. The number of likely N-dealkylation sites (tertiary alicyclic amines) is 1. The Labute approximate surface area is 124 Å². The van der Waals surface area contributed by atoms with Gasteiger partial charge >= 0.3 is 0 Å². The average molecular weight is 327 g/mol. The number of piperidine rings is 1. The van der Waals surface area contributed by atoms with Crippen LogP contribution in [0.15, 0.2) is 28.7 Å². The van der Waals surface area contributed by atoms with E-state index in [9.17, 15) is 0 Å². The number of hydrogen-bond acceptors (Lipinski definition) is 3. The van der Waals surface area contributed by atoms with Gasteiger partial charge in [0.05, 0.1) is 0 Å². The summed E-state index contributed by atoms with van der Waals surface area (Å²) in [5.41, 5.74) is 6.12. The van der Waals surface area contributed by atoms with Gasteiger partial charge in [-0.2, -0.15) is 0 Å². The van der Waals surface area contributed by atoms with E-state index in [0.29, 0.717) is 12.0 Å². The highest BCUT2D eigenvalue weighted by molar-refractivity contribution is 9.10. The molecule has 0 saturated carbocycles. The van der Waals surface area contributed by atoms with Crippen molar-refractivity contribution >= 4 is 15.9 Å². The van der Waals surface area contributed by atoms with Crippen LogP contribution in [0, 0.1) is 5.92 Å². The minimum Gasteiger partial charge on any atom is -0.492 e. The molecule has 2 rings (SSSR count). The minimum atomic E-state index is 0.383. The Morgan fingerprint density at radius 1 is 1.37 bits per heavy atom. The molecule has 4 heteroatoms. The van der Waals surface area contributed by atoms with E-state index >= 15 is 0 Å². The van der Waals surface area contributed by atoms with Crippen molar-refractivity contribution in [2.45, 2.75) is 25.8 Å². The Hall–Kier alpha value is -0.580. The molecule has 2 N–H and O–H groups in total. The van der Waals surface area contributed by atoms with E-state index in [-0.39, 0.29) is 0 Å². The van der Waals surface area contributed by atoms with Crippen molar-refractivity contribution in [1.82, 2.24) is 4.90 Å². The molecule has 0 bridgehead atoms. The third-order valence-corrected chi connectivity index (χ3v) is 4.42. The van der Waals surface area contributed by atoms with Crippen LogP contribution >= 0.6 is 15.9 Å². The van der Waals surface area contributed by atoms with Gasteiger partial charge in [-0.3, -0.25) is 4.90 Å². The SMILES string of the molecule is CCC1CN(CCOc2ccc(Br)cc2)CCC1N. The van der Waals surface area contributed by atoms with Crippen LogP contribution in [-0.4, -0.2) is 37.2 Å². The maximum Gasteiger partial charge on any atom is 0.119 e. The second-order valence-electron chi connectivity index (χ2n) is 5.22. The van der Waals surface area contributed by atoms with Crippen molar-refractivity contribution < 1.29 is 4.74 Å². The van der Waals surface area contributed by atoms with Gasteiger partial charge in [-0.25, -0.2) is 0 Å². The summed E-state index contributed by atoms with van der Waals surface area (Å²) in [5, 5.41) is 0. The molecule has 1 heterocycles. The first-order chi connectivity index (χ1) is 9.19. The van der Waals surface area contributed by atoms with Gasteiger partial charge in [-0.1, -0.05) is 29.3 Å². The second kappa shape index (κ2) is 7.27. The lowest BCUT2D eigenvalue weighted by Crippen LogP contribution is -2.47. The normalized spacial score (nSPS) is 24.4. The van der Waals surface area contributed by atoms with Gasteiger partial charge < -0.3 is 10.5 Å². The molecule has 0 amide bonds. The first kappa shape index (κ1) is 14.8. The number of rotatable bonds is 5. The zero-order valence-electron chi connectivity index (χ0n) is 11.5. The fraction of sp³-hybridized carbons (Fsp3) is 0.600. The van der Waals surface area contributed by atoms with Crippen molar-refractivity contribution in [2.75, 3.05) is 26.2 Å². The smallest absolute Gasteiger partial charge is 0.119 e. The number of halogens is 1. The Morgan fingerprint density at radius 3 is 2.79 bits per heavy atom. The maximum absolute atomic E-state index is 6.12. The first-order valence-electron chi connectivity index (χ1n) is 7.05. The van der Waals surface area contributed by atoms with Crippen LogP contribution in [0.25, 0.3) is 0 Å². The van der Waals surface area contributed by atoms with E-state index in [2.05, 4.69) is 27.8 Å². The Bertz CT molecular complexity index is 382. The van der Waals surface area contributed by atoms with Crippen LogP contribution in [0.1, 0.15) is 19.8 Å². The van der Waals surface area contributed by atoms with Gasteiger partial charge in [0.25, 0.3) is 0 Å². The molecule has 0 spiro atoms. The summed E-state index contributed by atoms with van der Waals surface area (Å²) >= 11 is 3.42. The second-order valence-corrected chi connectivity index (χ2v) is 6.14. The molecule has 1 aromatic carbocycles. The molecule has 2 atom stereocenters. The highest BCUT2D eigenvalue weighted by atomic mass is 79.9. The van der Waals surface area contributed by atoms with Gasteiger partial charge in [-0.05, 0) is 43.1 Å². The van der Waals surface area contributed by atoms with Gasteiger partial charge in [0, 0.05) is 23.6 Å². The molecule has 0 aliphatic carbocycles. The van der Waals surface area contributed by atoms with Crippen LogP contribution < -0.4 is 10.5 Å². The van der Waals surface area contributed by atoms with Crippen LogP contribution in [0.5, 0.6) is 5.75 Å². The average Bonchev–Trinajstić information content (AvgIpc) is 2.43. The lowest BCUT2D eigenvalue weighted by Gasteiger charge is -2.36. The summed E-state index contributed by atoms with van der Waals surface area (Å²) in [5.74, 6) is 1.57. The van der Waals surface area contributed by atoms with E-state index in [1.165, 1.54) is 6.42 Å². The van der Waals surface area contributed by atoms with Crippen LogP contribution in [0.3, 0.4) is 0 Å². The number of nitrogens with two attached hydrogens (primary N) is 1. The Balaban J connectivity index is 1.72. The van der Waals surface area contributed by atoms with Crippen molar-refractivity contribution in [2.24, 2.45) is 11.7 Å². The van der Waals surface area contributed by atoms with Gasteiger partial charge in [0.2, 0.25) is 0 Å². The van der Waals surface area contributed by atoms with Crippen molar-refractivity contribution in [1.29, 1.82) is 0 Å². The van der Waals surface area contributed by atoms with E-state index in [1.807, 2.05) is 24.3 Å². The predicted molar refractivity (Wildman–Crippen MR) is 82.5 cm³/mol. The van der Waals surface area contributed by atoms with Crippen molar-refractivity contribution in [3.05, 3.63) is 28.7 Å². The van der Waals surface area contributed by atoms with Gasteiger partial charge in [-0.15, -0.1) is 0 Å². The van der Waals surface area contributed by atoms with Crippen molar-refractivity contribution in [3.8, 4) is 5.75 Å². The lowest BCUT2D eigenvalue weighted by molar-refractivity contribution is 0.130. The highest BCUT2D eigenvalue weighted by Gasteiger charge is 2.24. The molecule has 19 heavy (non-hydrogen) atoms. The highest BCUT2D eigenvalue weighted by Crippen LogP contribution is 2.19. The quantitative estimate of drug-likeness (QED) is 0.904. The molecule has 1 aromatic rings. The zero-order valence-corrected chi connectivity index (χ0v) is 13.1. The van der Waals surface area contributed by atoms with E-state index in [4.69, 9.17) is 10.5 Å². The predicted octanol–water partition coefficient (Wildman–Crippen LogP) is 2.89. The fourth-order valence-corrected chi connectivity index (χ4v) is 2.85. The number of benzene rings is 1. The summed E-state index contributed by atoms with van der Waals surface area (Å²) in [6.45, 7) is 6.17. The van der Waals surface area contributed by atoms with Crippen LogP contribution in [0.4, 0.5) is 0 Å². The van der Waals surface area contributed by atoms with E-state index in [0.717, 1.165) is 42.9 Å². The largest absolute Gasteiger partial charge is 0.492 e. The molecular formula is C15H23BrN2O. The maximum atomic E-state index is 6.12. The summed E-state index contributed by atoms with van der Waals surface area (Å²) in [7, 11) is 0. The minimum absolute atomic E-state index is 0.383. The van der Waals surface area contributed by atoms with Crippen LogP contribution in [0.2, 0.25) is 0 Å². The van der Waals surface area contributed by atoms with E-state index < -0.39 is 0 Å². The molecule has 3 nitrogen and oxygen atoms in total. The zero-order chi connectivity index (χ0) is 13.7. The molecular weight excluding hydrogens is 304 g/mol. The number of ether oxygens (including phenoxy) is 1. The summed E-state index contributed by atoms with van der Waals surface area (Å²) in [4.78, 5) is 2.47. The molecule has 1 aliphatic rings. The lowest BCUT2D eigenvalue weighted by atomic mass is 9.91. The molecule has 1 aliphatic heterocycles. The third-order valence-electron chi connectivity index (χ3n) is 3.89. The Kier molecular flexibility index (Phi) is 5.67. The molecule has 2 unspecified atom stereocenters.